The van der Waals surface area contributed by atoms with Gasteiger partial charge in [-0.05, 0) is 18.8 Å². The summed E-state index contributed by atoms with van der Waals surface area (Å²) in [5, 5.41) is 18.2. The first-order valence-corrected chi connectivity index (χ1v) is 8.21. The van der Waals surface area contributed by atoms with E-state index in [1.165, 1.54) is 31.2 Å². The molecule has 1 fully saturated rings. The van der Waals surface area contributed by atoms with Crippen molar-refractivity contribution in [1.29, 1.82) is 0 Å². The van der Waals surface area contributed by atoms with Gasteiger partial charge in [0.15, 0.2) is 0 Å². The van der Waals surface area contributed by atoms with Crippen LogP contribution in [0.5, 0.6) is 0 Å². The molecule has 1 aromatic heterocycles. The van der Waals surface area contributed by atoms with Crippen LogP contribution in [0.15, 0.2) is 36.5 Å². The molecule has 0 radical (unpaired) electrons. The predicted molar refractivity (Wildman–Crippen MR) is 88.3 cm³/mol. The van der Waals surface area contributed by atoms with Crippen LogP contribution in [0, 0.1) is 5.92 Å². The second kappa shape index (κ2) is 7.07. The van der Waals surface area contributed by atoms with Gasteiger partial charge >= 0.3 is 0 Å². The predicted octanol–water partition coefficient (Wildman–Crippen LogP) is 2.73. The maximum Gasteiger partial charge on any atom is 0.0967 e. The molecule has 1 aliphatic rings. The Labute approximate surface area is 132 Å². The summed E-state index contributed by atoms with van der Waals surface area (Å²) in [7, 11) is 1.95. The molecule has 0 amide bonds. The molecule has 0 bridgehead atoms. The van der Waals surface area contributed by atoms with Gasteiger partial charge in [-0.25, -0.2) is 0 Å². The Balaban J connectivity index is 1.61. The van der Waals surface area contributed by atoms with Crippen molar-refractivity contribution in [3.63, 3.8) is 0 Å². The third-order valence-electron chi connectivity index (χ3n) is 4.56. The standard InChI is InChI=1S/C18H25N3O/c1-21-13-16(18(20-21)15-9-3-2-4-10-15)11-19-12-17(22)14-7-5-6-8-14/h2-4,9-10,13-14,17,19,22H,5-8,11-12H2,1H3. The van der Waals surface area contributed by atoms with Crippen LogP contribution in [-0.2, 0) is 13.6 Å². The zero-order valence-electron chi connectivity index (χ0n) is 13.2. The second-order valence-corrected chi connectivity index (χ2v) is 6.29. The van der Waals surface area contributed by atoms with Gasteiger partial charge < -0.3 is 10.4 Å². The van der Waals surface area contributed by atoms with E-state index in [2.05, 4.69) is 28.7 Å². The van der Waals surface area contributed by atoms with Crippen molar-refractivity contribution in [3.8, 4) is 11.3 Å². The largest absolute Gasteiger partial charge is 0.392 e. The Hall–Kier alpha value is -1.65. The monoisotopic (exact) mass is 299 g/mol. The van der Waals surface area contributed by atoms with Crippen LogP contribution in [0.25, 0.3) is 11.3 Å². The van der Waals surface area contributed by atoms with Gasteiger partial charge in [-0.3, -0.25) is 4.68 Å². The molecule has 4 nitrogen and oxygen atoms in total. The minimum Gasteiger partial charge on any atom is -0.392 e. The van der Waals surface area contributed by atoms with Gasteiger partial charge in [-0.2, -0.15) is 5.10 Å². The van der Waals surface area contributed by atoms with E-state index in [1.54, 1.807) is 0 Å². The lowest BCUT2D eigenvalue weighted by molar-refractivity contribution is 0.109. The fourth-order valence-electron chi connectivity index (χ4n) is 3.37. The lowest BCUT2D eigenvalue weighted by Gasteiger charge is -2.18. The molecule has 2 aromatic rings. The third kappa shape index (κ3) is 3.57. The van der Waals surface area contributed by atoms with Gasteiger partial charge in [0.05, 0.1) is 11.8 Å². The average molecular weight is 299 g/mol. The molecule has 3 rings (SSSR count). The SMILES string of the molecule is Cn1cc(CNCC(O)C2CCCC2)c(-c2ccccc2)n1. The number of hydrogen-bond acceptors (Lipinski definition) is 3. The number of aryl methyl sites for hydroxylation is 1. The minimum atomic E-state index is -0.223. The van der Waals surface area contributed by atoms with E-state index in [4.69, 9.17) is 0 Å². The molecule has 22 heavy (non-hydrogen) atoms. The average Bonchev–Trinajstić information content (AvgIpc) is 3.18. The maximum absolute atomic E-state index is 10.2. The van der Waals surface area contributed by atoms with Gasteiger partial charge in [-0.1, -0.05) is 43.2 Å². The van der Waals surface area contributed by atoms with Crippen LogP contribution in [0.1, 0.15) is 31.2 Å². The van der Waals surface area contributed by atoms with Gasteiger partial charge in [0.25, 0.3) is 0 Å². The topological polar surface area (TPSA) is 50.1 Å². The first-order valence-electron chi connectivity index (χ1n) is 8.21. The summed E-state index contributed by atoms with van der Waals surface area (Å²) >= 11 is 0. The molecule has 1 heterocycles. The molecule has 1 unspecified atom stereocenters. The smallest absolute Gasteiger partial charge is 0.0967 e. The summed E-state index contributed by atoms with van der Waals surface area (Å²) < 4.78 is 1.85. The molecule has 1 saturated carbocycles. The number of nitrogens with one attached hydrogen (secondary N) is 1. The zero-order valence-corrected chi connectivity index (χ0v) is 13.2. The normalized spacial score (nSPS) is 17.0. The zero-order chi connectivity index (χ0) is 15.4. The first-order chi connectivity index (χ1) is 10.7. The highest BCUT2D eigenvalue weighted by atomic mass is 16.3. The van der Waals surface area contributed by atoms with E-state index >= 15 is 0 Å². The van der Waals surface area contributed by atoms with Crippen LogP contribution >= 0.6 is 0 Å². The Kier molecular flexibility index (Phi) is 4.90. The van der Waals surface area contributed by atoms with E-state index in [0.717, 1.165) is 17.8 Å². The highest BCUT2D eigenvalue weighted by Gasteiger charge is 2.22. The van der Waals surface area contributed by atoms with E-state index < -0.39 is 0 Å². The third-order valence-corrected chi connectivity index (χ3v) is 4.56. The fraction of sp³-hybridized carbons (Fsp3) is 0.500. The molecule has 118 valence electrons. The second-order valence-electron chi connectivity index (χ2n) is 6.29. The van der Waals surface area contributed by atoms with Crippen LogP contribution in [0.2, 0.25) is 0 Å². The molecule has 1 atom stereocenters. The Bertz CT molecular complexity index is 588. The molecular weight excluding hydrogens is 274 g/mol. The lowest BCUT2D eigenvalue weighted by atomic mass is 10.0. The summed E-state index contributed by atoms with van der Waals surface area (Å²) in [5.41, 5.74) is 3.33. The van der Waals surface area contributed by atoms with Crippen molar-refractivity contribution in [3.05, 3.63) is 42.1 Å². The molecule has 1 aliphatic carbocycles. The van der Waals surface area contributed by atoms with Crippen LogP contribution in [0.3, 0.4) is 0 Å². The summed E-state index contributed by atoms with van der Waals surface area (Å²) in [6, 6.07) is 10.2. The molecule has 2 N–H and O–H groups in total. The van der Waals surface area contributed by atoms with E-state index in [0.29, 0.717) is 12.5 Å². The molecule has 0 spiro atoms. The van der Waals surface area contributed by atoms with Crippen molar-refractivity contribution in [2.75, 3.05) is 6.54 Å². The summed E-state index contributed by atoms with van der Waals surface area (Å²) in [6.07, 6.45) is 6.71. The summed E-state index contributed by atoms with van der Waals surface area (Å²) in [5.74, 6) is 0.481. The van der Waals surface area contributed by atoms with Crippen molar-refractivity contribution in [1.82, 2.24) is 15.1 Å². The van der Waals surface area contributed by atoms with E-state index in [-0.39, 0.29) is 6.10 Å². The lowest BCUT2D eigenvalue weighted by Crippen LogP contribution is -2.31. The maximum atomic E-state index is 10.2. The quantitative estimate of drug-likeness (QED) is 0.862. The number of hydrogen-bond donors (Lipinski definition) is 2. The molecule has 4 heteroatoms. The molecule has 0 saturated heterocycles. The van der Waals surface area contributed by atoms with Gasteiger partial charge in [-0.15, -0.1) is 0 Å². The van der Waals surface area contributed by atoms with Crippen LogP contribution in [0.4, 0.5) is 0 Å². The van der Waals surface area contributed by atoms with E-state index in [9.17, 15) is 5.11 Å². The number of aliphatic hydroxyl groups is 1. The summed E-state index contributed by atoms with van der Waals surface area (Å²) in [6.45, 7) is 1.40. The van der Waals surface area contributed by atoms with Crippen molar-refractivity contribution < 1.29 is 5.11 Å². The number of nitrogens with zero attached hydrogens (tertiary/aromatic N) is 2. The van der Waals surface area contributed by atoms with E-state index in [1.807, 2.05) is 29.9 Å². The molecule has 1 aromatic carbocycles. The highest BCUT2D eigenvalue weighted by Crippen LogP contribution is 2.27. The highest BCUT2D eigenvalue weighted by molar-refractivity contribution is 5.62. The van der Waals surface area contributed by atoms with Gasteiger partial charge in [0.1, 0.15) is 0 Å². The van der Waals surface area contributed by atoms with Crippen molar-refractivity contribution in [2.24, 2.45) is 13.0 Å². The molecule has 0 aliphatic heterocycles. The van der Waals surface area contributed by atoms with Crippen molar-refractivity contribution in [2.45, 2.75) is 38.3 Å². The summed E-state index contributed by atoms with van der Waals surface area (Å²) in [4.78, 5) is 0. The first kappa shape index (κ1) is 15.3. The van der Waals surface area contributed by atoms with Crippen LogP contribution < -0.4 is 5.32 Å². The number of aliphatic hydroxyl groups excluding tert-OH is 1. The Morgan fingerprint density at radius 1 is 1.27 bits per heavy atom. The number of benzene rings is 1. The minimum absolute atomic E-state index is 0.223. The van der Waals surface area contributed by atoms with Crippen LogP contribution in [-0.4, -0.2) is 27.5 Å². The number of aromatic nitrogens is 2. The Morgan fingerprint density at radius 3 is 2.73 bits per heavy atom. The Morgan fingerprint density at radius 2 is 2.00 bits per heavy atom. The van der Waals surface area contributed by atoms with Gasteiger partial charge in [0, 0.05) is 37.5 Å². The molecular formula is C18H25N3O. The fourth-order valence-corrected chi connectivity index (χ4v) is 3.37. The van der Waals surface area contributed by atoms with Crippen molar-refractivity contribution >= 4 is 0 Å². The van der Waals surface area contributed by atoms with Gasteiger partial charge in [0.2, 0.25) is 0 Å². The number of rotatable bonds is 6.